The van der Waals surface area contributed by atoms with E-state index in [9.17, 15) is 9.59 Å². The summed E-state index contributed by atoms with van der Waals surface area (Å²) in [6, 6.07) is 7.34. The maximum absolute atomic E-state index is 12.1. The molecule has 1 fully saturated rings. The van der Waals surface area contributed by atoms with Crippen LogP contribution in [0.25, 0.3) is 0 Å². The molecule has 0 bridgehead atoms. The molecule has 1 aliphatic rings. The van der Waals surface area contributed by atoms with Crippen LogP contribution in [0.1, 0.15) is 42.1 Å². The molecule has 5 nitrogen and oxygen atoms in total. The fourth-order valence-electron chi connectivity index (χ4n) is 2.66. The number of benzene rings is 1. The number of halogens is 1. The van der Waals surface area contributed by atoms with E-state index in [0.717, 1.165) is 31.6 Å². The van der Waals surface area contributed by atoms with Crippen LogP contribution in [0.4, 0.5) is 0 Å². The number of hydrogen-bond acceptors (Lipinski definition) is 3. The van der Waals surface area contributed by atoms with Gasteiger partial charge >= 0.3 is 0 Å². The minimum absolute atomic E-state index is 0. The molecule has 0 radical (unpaired) electrons. The van der Waals surface area contributed by atoms with Crippen LogP contribution in [0.15, 0.2) is 24.3 Å². The number of nitrogens with one attached hydrogen (secondary N) is 3. The van der Waals surface area contributed by atoms with E-state index in [-0.39, 0.29) is 24.2 Å². The van der Waals surface area contributed by atoms with Gasteiger partial charge in [0.05, 0.1) is 0 Å². The lowest BCUT2D eigenvalue weighted by molar-refractivity contribution is -0.119. The van der Waals surface area contributed by atoms with Gasteiger partial charge in [0.1, 0.15) is 0 Å². The molecule has 2 rings (SSSR count). The molecule has 6 heteroatoms. The molecule has 1 aromatic rings. The number of carbonyl (C=O) groups excluding carboxylic acids is 2. The second-order valence-electron chi connectivity index (χ2n) is 5.86. The first-order valence-corrected chi connectivity index (χ1v) is 7.97. The maximum Gasteiger partial charge on any atom is 0.251 e. The number of amides is 2. The van der Waals surface area contributed by atoms with E-state index in [2.05, 4.69) is 16.0 Å². The molecule has 1 aliphatic heterocycles. The van der Waals surface area contributed by atoms with Gasteiger partial charge in [-0.2, -0.15) is 0 Å². The monoisotopic (exact) mass is 339 g/mol. The predicted octanol–water partition coefficient (Wildman–Crippen LogP) is 1.86. The van der Waals surface area contributed by atoms with E-state index in [1.165, 1.54) is 19.8 Å². The number of carbonyl (C=O) groups is 2. The molecule has 128 valence electrons. The number of piperidine rings is 1. The summed E-state index contributed by atoms with van der Waals surface area (Å²) in [6.45, 7) is 4.88. The van der Waals surface area contributed by atoms with Crippen LogP contribution in [-0.2, 0) is 11.3 Å². The topological polar surface area (TPSA) is 70.2 Å². The van der Waals surface area contributed by atoms with Gasteiger partial charge in [-0.1, -0.05) is 12.1 Å². The molecule has 0 aromatic heterocycles. The SMILES string of the molecule is CC(=O)NCc1ccc(C(=O)NCCC2CCCNC2)cc1.Cl. The smallest absolute Gasteiger partial charge is 0.251 e. The highest BCUT2D eigenvalue weighted by Gasteiger charge is 2.13. The van der Waals surface area contributed by atoms with Gasteiger partial charge in [0.2, 0.25) is 5.91 Å². The average Bonchev–Trinajstić information content (AvgIpc) is 2.54. The zero-order valence-electron chi connectivity index (χ0n) is 13.6. The van der Waals surface area contributed by atoms with Crippen molar-refractivity contribution in [3.05, 3.63) is 35.4 Å². The second kappa shape index (κ2) is 10.2. The molecule has 0 saturated carbocycles. The fourth-order valence-corrected chi connectivity index (χ4v) is 2.66. The normalized spacial score (nSPS) is 17.0. The highest BCUT2D eigenvalue weighted by molar-refractivity contribution is 5.94. The Morgan fingerprint density at radius 2 is 1.96 bits per heavy atom. The fraction of sp³-hybridized carbons (Fsp3) is 0.529. The largest absolute Gasteiger partial charge is 0.352 e. The molecule has 1 atom stereocenters. The van der Waals surface area contributed by atoms with E-state index < -0.39 is 0 Å². The first-order chi connectivity index (χ1) is 10.6. The average molecular weight is 340 g/mol. The zero-order valence-corrected chi connectivity index (χ0v) is 14.4. The van der Waals surface area contributed by atoms with Crippen molar-refractivity contribution in [1.29, 1.82) is 0 Å². The first-order valence-electron chi connectivity index (χ1n) is 7.97. The Morgan fingerprint density at radius 1 is 1.22 bits per heavy atom. The van der Waals surface area contributed by atoms with Crippen molar-refractivity contribution < 1.29 is 9.59 Å². The van der Waals surface area contributed by atoms with Gasteiger partial charge in [-0.05, 0) is 56.0 Å². The van der Waals surface area contributed by atoms with Crippen molar-refractivity contribution in [2.45, 2.75) is 32.7 Å². The van der Waals surface area contributed by atoms with Crippen molar-refractivity contribution in [3.8, 4) is 0 Å². The van der Waals surface area contributed by atoms with Gasteiger partial charge in [-0.3, -0.25) is 9.59 Å². The summed E-state index contributed by atoms with van der Waals surface area (Å²) in [4.78, 5) is 22.9. The lowest BCUT2D eigenvalue weighted by Gasteiger charge is -2.22. The predicted molar refractivity (Wildman–Crippen MR) is 93.8 cm³/mol. The summed E-state index contributed by atoms with van der Waals surface area (Å²) >= 11 is 0. The van der Waals surface area contributed by atoms with Crippen molar-refractivity contribution in [3.63, 3.8) is 0 Å². The molecule has 0 spiro atoms. The third-order valence-corrected chi connectivity index (χ3v) is 3.99. The van der Waals surface area contributed by atoms with Crippen LogP contribution < -0.4 is 16.0 Å². The first kappa shape index (κ1) is 19.5. The molecule has 1 aromatic carbocycles. The van der Waals surface area contributed by atoms with Gasteiger partial charge in [0.25, 0.3) is 5.91 Å². The van der Waals surface area contributed by atoms with E-state index in [1.54, 1.807) is 12.1 Å². The second-order valence-corrected chi connectivity index (χ2v) is 5.86. The molecule has 0 aliphatic carbocycles. The Morgan fingerprint density at radius 3 is 2.57 bits per heavy atom. The Kier molecular flexibility index (Phi) is 8.66. The third-order valence-electron chi connectivity index (χ3n) is 3.99. The standard InChI is InChI=1S/C17H25N3O2.ClH/c1-13(21)20-12-15-4-6-16(7-5-15)17(22)19-10-8-14-3-2-9-18-11-14;/h4-7,14,18H,2-3,8-12H2,1H3,(H,19,22)(H,20,21);1H. The van der Waals surface area contributed by atoms with Crippen LogP contribution in [-0.4, -0.2) is 31.4 Å². The summed E-state index contributed by atoms with van der Waals surface area (Å²) in [7, 11) is 0. The Hall–Kier alpha value is -1.59. The van der Waals surface area contributed by atoms with Gasteiger partial charge < -0.3 is 16.0 Å². The molecule has 3 N–H and O–H groups in total. The number of hydrogen-bond donors (Lipinski definition) is 3. The molecular weight excluding hydrogens is 314 g/mol. The van der Waals surface area contributed by atoms with Crippen LogP contribution in [0.2, 0.25) is 0 Å². The molecule has 23 heavy (non-hydrogen) atoms. The van der Waals surface area contributed by atoms with E-state index in [1.807, 2.05) is 12.1 Å². The van der Waals surface area contributed by atoms with Crippen molar-refractivity contribution in [1.82, 2.24) is 16.0 Å². The van der Waals surface area contributed by atoms with Gasteiger partial charge in [0, 0.05) is 25.6 Å². The van der Waals surface area contributed by atoms with Crippen molar-refractivity contribution in [2.75, 3.05) is 19.6 Å². The van der Waals surface area contributed by atoms with Crippen LogP contribution in [0.5, 0.6) is 0 Å². The summed E-state index contributed by atoms with van der Waals surface area (Å²) in [5.74, 6) is 0.586. The van der Waals surface area contributed by atoms with Crippen LogP contribution in [0, 0.1) is 5.92 Å². The van der Waals surface area contributed by atoms with Gasteiger partial charge in [-0.15, -0.1) is 12.4 Å². The van der Waals surface area contributed by atoms with Gasteiger partial charge in [0.15, 0.2) is 0 Å². The Bertz CT molecular complexity index is 499. The number of rotatable bonds is 6. The van der Waals surface area contributed by atoms with E-state index >= 15 is 0 Å². The summed E-state index contributed by atoms with van der Waals surface area (Å²) in [5, 5.41) is 9.10. The highest BCUT2D eigenvalue weighted by atomic mass is 35.5. The van der Waals surface area contributed by atoms with Gasteiger partial charge in [-0.25, -0.2) is 0 Å². The highest BCUT2D eigenvalue weighted by Crippen LogP contribution is 2.13. The molecule has 2 amide bonds. The zero-order chi connectivity index (χ0) is 15.8. The van der Waals surface area contributed by atoms with Crippen molar-refractivity contribution in [2.24, 2.45) is 5.92 Å². The molecule has 1 heterocycles. The lowest BCUT2D eigenvalue weighted by atomic mass is 9.96. The minimum Gasteiger partial charge on any atom is -0.352 e. The Labute approximate surface area is 144 Å². The molecule has 1 unspecified atom stereocenters. The maximum atomic E-state index is 12.1. The molecular formula is C17H26ClN3O2. The minimum atomic E-state index is -0.0565. The Balaban J connectivity index is 0.00000264. The van der Waals surface area contributed by atoms with E-state index in [4.69, 9.17) is 0 Å². The van der Waals surface area contributed by atoms with Crippen LogP contribution >= 0.6 is 12.4 Å². The lowest BCUT2D eigenvalue weighted by Crippen LogP contribution is -2.33. The van der Waals surface area contributed by atoms with Crippen LogP contribution in [0.3, 0.4) is 0 Å². The summed E-state index contributed by atoms with van der Waals surface area (Å²) in [5.41, 5.74) is 1.65. The summed E-state index contributed by atoms with van der Waals surface area (Å²) < 4.78 is 0. The third kappa shape index (κ3) is 7.01. The molecule has 1 saturated heterocycles. The quantitative estimate of drug-likeness (QED) is 0.741. The van der Waals surface area contributed by atoms with E-state index in [0.29, 0.717) is 18.0 Å². The van der Waals surface area contributed by atoms with Crippen molar-refractivity contribution >= 4 is 24.2 Å². The summed E-state index contributed by atoms with van der Waals surface area (Å²) in [6.07, 6.45) is 3.51.